The van der Waals surface area contributed by atoms with Gasteiger partial charge in [0.2, 0.25) is 0 Å². The molecule has 7 nitrogen and oxygen atoms in total. The highest BCUT2D eigenvalue weighted by molar-refractivity contribution is 5.92. The van der Waals surface area contributed by atoms with E-state index in [0.717, 1.165) is 93.9 Å². The zero-order chi connectivity index (χ0) is 28.0. The molecule has 0 bridgehead atoms. The molecule has 1 aliphatic carbocycles. The molecule has 1 saturated carbocycles. The summed E-state index contributed by atoms with van der Waals surface area (Å²) in [6, 6.07) is 9.60. The Labute approximate surface area is 234 Å². The molecule has 2 saturated heterocycles. The van der Waals surface area contributed by atoms with Gasteiger partial charge in [-0.2, -0.15) is 13.2 Å². The Kier molecular flexibility index (Phi) is 9.47. The van der Waals surface area contributed by atoms with Gasteiger partial charge in [0.1, 0.15) is 5.82 Å². The quantitative estimate of drug-likeness (QED) is 0.472. The van der Waals surface area contributed by atoms with E-state index < -0.39 is 11.7 Å². The van der Waals surface area contributed by atoms with Crippen molar-refractivity contribution >= 4 is 17.5 Å². The number of rotatable bonds is 7. The van der Waals surface area contributed by atoms with Gasteiger partial charge in [-0.3, -0.25) is 9.80 Å². The predicted octanol–water partition coefficient (Wildman–Crippen LogP) is 5.70. The van der Waals surface area contributed by atoms with Crippen LogP contribution in [0.5, 0.6) is 0 Å². The van der Waals surface area contributed by atoms with E-state index in [1.807, 2.05) is 23.2 Å². The van der Waals surface area contributed by atoms with E-state index in [1.54, 1.807) is 12.1 Å². The van der Waals surface area contributed by atoms with Gasteiger partial charge in [0, 0.05) is 32.2 Å². The summed E-state index contributed by atoms with van der Waals surface area (Å²) >= 11 is 0. The molecule has 0 spiro atoms. The molecule has 5 rings (SSSR count). The van der Waals surface area contributed by atoms with Gasteiger partial charge in [-0.25, -0.2) is 9.78 Å². The molecular formula is C30H40F3N5O2. The number of pyridine rings is 1. The zero-order valence-electron chi connectivity index (χ0n) is 23.0. The van der Waals surface area contributed by atoms with Crippen molar-refractivity contribution in [1.82, 2.24) is 15.2 Å². The van der Waals surface area contributed by atoms with E-state index in [4.69, 9.17) is 9.72 Å². The summed E-state index contributed by atoms with van der Waals surface area (Å²) in [5.74, 6) is 1.23. The predicted molar refractivity (Wildman–Crippen MR) is 149 cm³/mol. The summed E-state index contributed by atoms with van der Waals surface area (Å²) in [4.78, 5) is 24.6. The first kappa shape index (κ1) is 28.7. The summed E-state index contributed by atoms with van der Waals surface area (Å²) in [6.07, 6.45) is 4.92. The molecule has 0 atom stereocenters. The third-order valence-electron chi connectivity index (χ3n) is 8.39. The van der Waals surface area contributed by atoms with Crippen LogP contribution in [0.15, 0.2) is 42.6 Å². The molecule has 3 heterocycles. The number of likely N-dealkylation sites (tertiary alicyclic amines) is 1. The number of morpholine rings is 1. The van der Waals surface area contributed by atoms with Crippen LogP contribution in [0.25, 0.3) is 0 Å². The molecule has 1 aromatic carbocycles. The van der Waals surface area contributed by atoms with Gasteiger partial charge >= 0.3 is 12.2 Å². The van der Waals surface area contributed by atoms with Crippen LogP contribution in [0, 0.1) is 5.92 Å². The number of urea groups is 1. The van der Waals surface area contributed by atoms with E-state index >= 15 is 0 Å². The number of piperidine rings is 1. The number of nitrogens with zero attached hydrogens (tertiary/aromatic N) is 4. The van der Waals surface area contributed by atoms with Gasteiger partial charge in [0.25, 0.3) is 0 Å². The maximum Gasteiger partial charge on any atom is 0.416 e. The van der Waals surface area contributed by atoms with E-state index in [9.17, 15) is 18.0 Å². The Balaban J connectivity index is 1.20. The van der Waals surface area contributed by atoms with E-state index in [-0.39, 0.29) is 12.1 Å². The van der Waals surface area contributed by atoms with Crippen molar-refractivity contribution in [2.75, 3.05) is 55.7 Å². The fourth-order valence-electron chi connectivity index (χ4n) is 5.97. The molecule has 10 heteroatoms. The van der Waals surface area contributed by atoms with Crippen molar-refractivity contribution in [1.29, 1.82) is 0 Å². The average Bonchev–Trinajstić information content (AvgIpc) is 2.98. The fourth-order valence-corrected chi connectivity index (χ4v) is 5.97. The van der Waals surface area contributed by atoms with Crippen molar-refractivity contribution < 1.29 is 22.7 Å². The van der Waals surface area contributed by atoms with Crippen LogP contribution in [0.4, 0.5) is 29.5 Å². The molecule has 218 valence electrons. The lowest BCUT2D eigenvalue weighted by molar-refractivity contribution is -0.137. The second-order valence-electron chi connectivity index (χ2n) is 11.3. The minimum atomic E-state index is -4.32. The molecule has 0 radical (unpaired) electrons. The van der Waals surface area contributed by atoms with Gasteiger partial charge in [-0.15, -0.1) is 0 Å². The van der Waals surface area contributed by atoms with E-state index in [1.165, 1.54) is 6.42 Å². The van der Waals surface area contributed by atoms with Crippen molar-refractivity contribution in [2.45, 2.75) is 63.7 Å². The monoisotopic (exact) mass is 559 g/mol. The number of hydrogen-bond acceptors (Lipinski definition) is 5. The average molecular weight is 560 g/mol. The van der Waals surface area contributed by atoms with Crippen LogP contribution in [0.2, 0.25) is 0 Å². The van der Waals surface area contributed by atoms with Crippen molar-refractivity contribution in [3.05, 3.63) is 53.7 Å². The minimum absolute atomic E-state index is 0.0555. The molecule has 2 aromatic rings. The lowest BCUT2D eigenvalue weighted by Crippen LogP contribution is -2.48. The van der Waals surface area contributed by atoms with E-state index in [2.05, 4.69) is 15.1 Å². The second-order valence-corrected chi connectivity index (χ2v) is 11.3. The molecular weight excluding hydrogens is 519 g/mol. The first-order valence-electron chi connectivity index (χ1n) is 14.6. The molecule has 2 aliphatic heterocycles. The number of carbonyl (C=O) groups is 1. The van der Waals surface area contributed by atoms with Crippen molar-refractivity contribution in [3.63, 3.8) is 0 Å². The number of carbonyl (C=O) groups excluding carboxylic acids is 1. The Bertz CT molecular complexity index is 1080. The van der Waals surface area contributed by atoms with Crippen LogP contribution in [-0.4, -0.2) is 67.9 Å². The van der Waals surface area contributed by atoms with Gasteiger partial charge in [-0.05, 0) is 74.5 Å². The molecule has 1 aromatic heterocycles. The number of amides is 2. The maximum atomic E-state index is 13.5. The smallest absolute Gasteiger partial charge is 0.378 e. The molecule has 40 heavy (non-hydrogen) atoms. The minimum Gasteiger partial charge on any atom is -0.378 e. The molecule has 3 aliphatic rings. The Morgan fingerprint density at radius 2 is 1.65 bits per heavy atom. The molecule has 2 amide bonds. The molecule has 3 fully saturated rings. The highest BCUT2D eigenvalue weighted by atomic mass is 19.4. The number of benzene rings is 1. The van der Waals surface area contributed by atoms with Crippen molar-refractivity contribution in [2.24, 2.45) is 5.92 Å². The summed E-state index contributed by atoms with van der Waals surface area (Å²) in [6.45, 7) is 5.94. The highest BCUT2D eigenvalue weighted by Gasteiger charge is 2.30. The zero-order valence-corrected chi connectivity index (χ0v) is 23.0. The number of ether oxygens (including phenoxy) is 1. The lowest BCUT2D eigenvalue weighted by Gasteiger charge is -2.36. The third-order valence-corrected chi connectivity index (χ3v) is 8.39. The summed E-state index contributed by atoms with van der Waals surface area (Å²) < 4.78 is 44.1. The van der Waals surface area contributed by atoms with Crippen LogP contribution < -0.4 is 15.1 Å². The van der Waals surface area contributed by atoms with Gasteiger partial charge in [-0.1, -0.05) is 31.4 Å². The van der Waals surface area contributed by atoms with Crippen LogP contribution in [0.3, 0.4) is 0 Å². The van der Waals surface area contributed by atoms with Crippen molar-refractivity contribution in [3.8, 4) is 0 Å². The summed E-state index contributed by atoms with van der Waals surface area (Å²) in [5, 5.41) is 3.28. The Hall–Kier alpha value is -2.85. The number of nitrogens with one attached hydrogen (secondary N) is 1. The maximum absolute atomic E-state index is 13.5. The van der Waals surface area contributed by atoms with Gasteiger partial charge < -0.3 is 15.0 Å². The van der Waals surface area contributed by atoms with Gasteiger partial charge in [0.05, 0.1) is 30.7 Å². The standard InChI is InChI=1S/C30H40F3N5O2/c31-30(32,33)25-8-6-23(7-9-25)21-36-14-12-24(13-15-36)22-38(29(39)35-26-4-2-1-3-5-26)27-10-11-28(34-20-27)37-16-18-40-19-17-37/h6-11,20,24,26H,1-5,12-19,21-22H2,(H,35,39). The largest absolute Gasteiger partial charge is 0.416 e. The summed E-state index contributed by atoms with van der Waals surface area (Å²) in [5.41, 5.74) is 1.07. The number of anilines is 2. The Morgan fingerprint density at radius 1 is 0.950 bits per heavy atom. The molecule has 0 unspecified atom stereocenters. The van der Waals surface area contributed by atoms with Crippen LogP contribution in [-0.2, 0) is 17.5 Å². The van der Waals surface area contributed by atoms with Crippen LogP contribution >= 0.6 is 0 Å². The highest BCUT2D eigenvalue weighted by Crippen LogP contribution is 2.30. The third kappa shape index (κ3) is 7.66. The first-order chi connectivity index (χ1) is 19.3. The summed E-state index contributed by atoms with van der Waals surface area (Å²) in [7, 11) is 0. The topological polar surface area (TPSA) is 60.9 Å². The number of alkyl halides is 3. The SMILES string of the molecule is O=C(NC1CCCCC1)N(CC1CCN(Cc2ccc(C(F)(F)F)cc2)CC1)c1ccc(N2CCOCC2)nc1. The van der Waals surface area contributed by atoms with E-state index in [0.29, 0.717) is 32.2 Å². The first-order valence-corrected chi connectivity index (χ1v) is 14.6. The number of halogens is 3. The van der Waals surface area contributed by atoms with Crippen LogP contribution in [0.1, 0.15) is 56.1 Å². The Morgan fingerprint density at radius 3 is 2.27 bits per heavy atom. The number of aromatic nitrogens is 1. The second kappa shape index (κ2) is 13.2. The lowest BCUT2D eigenvalue weighted by atomic mass is 9.95. The normalized spacial score (nSPS) is 19.9. The fraction of sp³-hybridized carbons (Fsp3) is 0.600. The number of hydrogen-bond donors (Lipinski definition) is 1. The van der Waals surface area contributed by atoms with Gasteiger partial charge in [0.15, 0.2) is 0 Å². The molecule has 1 N–H and O–H groups in total.